The first-order chi connectivity index (χ1) is 16.7. The Labute approximate surface area is 199 Å². The number of piperidine rings is 1. The van der Waals surface area contributed by atoms with Crippen molar-refractivity contribution >= 4 is 0 Å². The largest absolute Gasteiger partial charge is 0.416 e. The summed E-state index contributed by atoms with van der Waals surface area (Å²) in [7, 11) is 0. The van der Waals surface area contributed by atoms with Crippen molar-refractivity contribution in [2.75, 3.05) is 13.1 Å². The molecule has 1 aromatic heterocycles. The molecule has 3 aromatic rings. The van der Waals surface area contributed by atoms with Gasteiger partial charge in [-0.2, -0.15) is 13.2 Å². The molecule has 1 fully saturated rings. The summed E-state index contributed by atoms with van der Waals surface area (Å²) in [6.45, 7) is 0.819. The number of alkyl halides is 3. The maximum Gasteiger partial charge on any atom is 0.416 e. The van der Waals surface area contributed by atoms with Gasteiger partial charge in [0.15, 0.2) is 0 Å². The van der Waals surface area contributed by atoms with Crippen LogP contribution in [0, 0.1) is 5.82 Å². The minimum atomic E-state index is -4.78. The van der Waals surface area contributed by atoms with Gasteiger partial charge in [0.2, 0.25) is 0 Å². The van der Waals surface area contributed by atoms with E-state index in [0.717, 1.165) is 28.3 Å². The van der Waals surface area contributed by atoms with Gasteiger partial charge in [-0.05, 0) is 56.5 Å². The summed E-state index contributed by atoms with van der Waals surface area (Å²) in [4.78, 5) is 27.3. The second-order valence-corrected chi connectivity index (χ2v) is 9.36. The molecule has 2 aliphatic rings. The molecule has 2 aromatic carbocycles. The molecule has 1 N–H and O–H groups in total. The van der Waals surface area contributed by atoms with Crippen LogP contribution in [0.1, 0.15) is 47.2 Å². The predicted molar refractivity (Wildman–Crippen MR) is 123 cm³/mol. The number of aromatic nitrogens is 2. The van der Waals surface area contributed by atoms with Crippen LogP contribution in [-0.4, -0.2) is 22.2 Å². The van der Waals surface area contributed by atoms with E-state index in [-0.39, 0.29) is 6.54 Å². The minimum Gasteiger partial charge on any atom is -0.317 e. The van der Waals surface area contributed by atoms with Crippen molar-refractivity contribution in [2.24, 2.45) is 0 Å². The van der Waals surface area contributed by atoms with Gasteiger partial charge < -0.3 is 5.32 Å². The highest BCUT2D eigenvalue weighted by Crippen LogP contribution is 2.43. The highest BCUT2D eigenvalue weighted by Gasteiger charge is 2.44. The van der Waals surface area contributed by atoms with E-state index in [1.165, 1.54) is 4.57 Å². The third kappa shape index (κ3) is 4.11. The quantitative estimate of drug-likeness (QED) is 0.570. The van der Waals surface area contributed by atoms with E-state index in [2.05, 4.69) is 5.32 Å². The fourth-order valence-corrected chi connectivity index (χ4v) is 5.63. The van der Waals surface area contributed by atoms with Crippen LogP contribution < -0.4 is 16.6 Å². The van der Waals surface area contributed by atoms with Gasteiger partial charge in [0.25, 0.3) is 5.56 Å². The van der Waals surface area contributed by atoms with Crippen LogP contribution in [0.4, 0.5) is 17.6 Å². The fourth-order valence-electron chi connectivity index (χ4n) is 5.63. The zero-order valence-corrected chi connectivity index (χ0v) is 19.0. The number of fused-ring (bicyclic) bond motifs is 2. The third-order valence-corrected chi connectivity index (χ3v) is 7.39. The van der Waals surface area contributed by atoms with Crippen LogP contribution in [0.25, 0.3) is 0 Å². The van der Waals surface area contributed by atoms with Crippen molar-refractivity contribution in [1.82, 2.24) is 14.5 Å². The minimum absolute atomic E-state index is 0.0104. The molecule has 9 heteroatoms. The number of benzene rings is 2. The molecule has 0 unspecified atom stereocenters. The summed E-state index contributed by atoms with van der Waals surface area (Å²) in [6, 6.07) is 11.7. The molecule has 2 heterocycles. The highest BCUT2D eigenvalue weighted by atomic mass is 19.4. The molecule has 184 valence electrons. The molecule has 0 bridgehead atoms. The van der Waals surface area contributed by atoms with E-state index in [9.17, 15) is 27.2 Å². The van der Waals surface area contributed by atoms with E-state index < -0.39 is 46.3 Å². The van der Waals surface area contributed by atoms with E-state index in [1.54, 1.807) is 24.3 Å². The smallest absolute Gasteiger partial charge is 0.317 e. The highest BCUT2D eigenvalue weighted by molar-refractivity contribution is 5.37. The zero-order valence-electron chi connectivity index (χ0n) is 19.0. The summed E-state index contributed by atoms with van der Waals surface area (Å²) in [5, 5.41) is 3.29. The monoisotopic (exact) mass is 487 g/mol. The van der Waals surface area contributed by atoms with Crippen LogP contribution in [0.15, 0.2) is 58.1 Å². The van der Waals surface area contributed by atoms with Crippen molar-refractivity contribution in [2.45, 2.75) is 50.4 Å². The molecule has 1 spiro atoms. The Balaban J connectivity index is 1.73. The van der Waals surface area contributed by atoms with E-state index >= 15 is 0 Å². The lowest BCUT2D eigenvalue weighted by Gasteiger charge is -2.34. The van der Waals surface area contributed by atoms with Gasteiger partial charge in [0.1, 0.15) is 5.82 Å². The van der Waals surface area contributed by atoms with Gasteiger partial charge in [-0.25, -0.2) is 9.18 Å². The Morgan fingerprint density at radius 2 is 1.60 bits per heavy atom. The Hall–Kier alpha value is -3.20. The SMILES string of the molecule is O=c1c2c(n(Cc3c(F)cccc3C(F)(F)F)c(=O)n1Cc1ccccc1)CCC21CCNCC1. The molecule has 0 amide bonds. The van der Waals surface area contributed by atoms with Crippen molar-refractivity contribution in [3.63, 3.8) is 0 Å². The maximum absolute atomic E-state index is 14.7. The van der Waals surface area contributed by atoms with Crippen LogP contribution in [-0.2, 0) is 31.1 Å². The lowest BCUT2D eigenvalue weighted by Crippen LogP contribution is -2.48. The number of nitrogens with zero attached hydrogens (tertiary/aromatic N) is 2. The average Bonchev–Trinajstić information content (AvgIpc) is 3.19. The second kappa shape index (κ2) is 8.78. The molecule has 35 heavy (non-hydrogen) atoms. The summed E-state index contributed by atoms with van der Waals surface area (Å²) in [5.74, 6) is -1.03. The number of hydrogen-bond donors (Lipinski definition) is 1. The van der Waals surface area contributed by atoms with E-state index in [0.29, 0.717) is 50.0 Å². The molecule has 1 aliphatic heterocycles. The van der Waals surface area contributed by atoms with Gasteiger partial charge in [-0.15, -0.1) is 0 Å². The maximum atomic E-state index is 14.7. The molecule has 0 radical (unpaired) electrons. The van der Waals surface area contributed by atoms with Crippen LogP contribution in [0.3, 0.4) is 0 Å². The molecule has 5 nitrogen and oxygen atoms in total. The average molecular weight is 487 g/mol. The molecule has 1 saturated heterocycles. The van der Waals surface area contributed by atoms with E-state index in [1.807, 2.05) is 6.07 Å². The van der Waals surface area contributed by atoms with Crippen molar-refractivity contribution < 1.29 is 17.6 Å². The molecule has 0 atom stereocenters. The van der Waals surface area contributed by atoms with Gasteiger partial charge in [-0.3, -0.25) is 13.9 Å². The van der Waals surface area contributed by atoms with Crippen LogP contribution in [0.5, 0.6) is 0 Å². The second-order valence-electron chi connectivity index (χ2n) is 9.36. The lowest BCUT2D eigenvalue weighted by molar-refractivity contribution is -0.138. The van der Waals surface area contributed by atoms with Gasteiger partial charge in [0.05, 0.1) is 18.7 Å². The van der Waals surface area contributed by atoms with Gasteiger partial charge >= 0.3 is 11.9 Å². The molecular formula is C26H25F4N3O2. The zero-order chi connectivity index (χ0) is 24.8. The standard InChI is InChI=1S/C26H25F4N3O2/c27-20-8-4-7-19(26(28,29)30)18(20)16-32-21-9-10-25(11-13-31-14-12-25)22(21)23(34)33(24(32)35)15-17-5-2-1-3-6-17/h1-8,31H,9-16H2. The van der Waals surface area contributed by atoms with Crippen molar-refractivity contribution in [3.05, 3.63) is 103 Å². The number of nitrogens with one attached hydrogen (secondary N) is 1. The molecular weight excluding hydrogens is 462 g/mol. The molecule has 1 aliphatic carbocycles. The fraction of sp³-hybridized carbons (Fsp3) is 0.385. The first-order valence-corrected chi connectivity index (χ1v) is 11.7. The Morgan fingerprint density at radius 3 is 2.29 bits per heavy atom. The summed E-state index contributed by atoms with van der Waals surface area (Å²) < 4.78 is 58.1. The lowest BCUT2D eigenvalue weighted by atomic mass is 9.75. The summed E-state index contributed by atoms with van der Waals surface area (Å²) >= 11 is 0. The number of hydrogen-bond acceptors (Lipinski definition) is 3. The topological polar surface area (TPSA) is 56.0 Å². The van der Waals surface area contributed by atoms with E-state index in [4.69, 9.17) is 0 Å². The predicted octanol–water partition coefficient (Wildman–Crippen LogP) is 3.83. The van der Waals surface area contributed by atoms with Gasteiger partial charge in [-0.1, -0.05) is 36.4 Å². The first-order valence-electron chi connectivity index (χ1n) is 11.7. The Kier molecular flexibility index (Phi) is 5.91. The van der Waals surface area contributed by atoms with Crippen molar-refractivity contribution in [1.29, 1.82) is 0 Å². The summed E-state index contributed by atoms with van der Waals surface area (Å²) in [6.07, 6.45) is -2.35. The molecule has 5 rings (SSSR count). The van der Waals surface area contributed by atoms with Gasteiger partial charge in [0, 0.05) is 22.2 Å². The van der Waals surface area contributed by atoms with Crippen LogP contribution in [0.2, 0.25) is 0 Å². The number of rotatable bonds is 4. The van der Waals surface area contributed by atoms with Crippen LogP contribution >= 0.6 is 0 Å². The third-order valence-electron chi connectivity index (χ3n) is 7.39. The summed E-state index contributed by atoms with van der Waals surface area (Å²) in [5.41, 5.74) is -1.62. The van der Waals surface area contributed by atoms with Crippen molar-refractivity contribution in [3.8, 4) is 0 Å². The molecule has 0 saturated carbocycles. The normalized spacial score (nSPS) is 17.0. The Morgan fingerprint density at radius 1 is 0.886 bits per heavy atom. The Bertz CT molecular complexity index is 1370. The number of halogens is 4. The first kappa shape index (κ1) is 23.5.